The first-order valence-electron chi connectivity index (χ1n) is 7.96. The van der Waals surface area contributed by atoms with Gasteiger partial charge in [-0.15, -0.1) is 0 Å². The van der Waals surface area contributed by atoms with Crippen molar-refractivity contribution in [2.75, 3.05) is 60.0 Å². The molecule has 12 nitrogen and oxygen atoms in total. The van der Waals surface area contributed by atoms with E-state index in [1.54, 1.807) is 0 Å². The van der Waals surface area contributed by atoms with E-state index in [-0.39, 0.29) is 13.2 Å². The Hall–Kier alpha value is -1.83. The molecule has 0 spiro atoms. The van der Waals surface area contributed by atoms with Crippen molar-refractivity contribution >= 4 is 17.9 Å². The Morgan fingerprint density at radius 3 is 1.41 bits per heavy atom. The topological polar surface area (TPSA) is 189 Å². The van der Waals surface area contributed by atoms with Crippen LogP contribution in [0.25, 0.3) is 0 Å². The van der Waals surface area contributed by atoms with E-state index in [1.807, 2.05) is 0 Å². The highest BCUT2D eigenvalue weighted by Gasteiger charge is 2.35. The zero-order chi connectivity index (χ0) is 21.1. The maximum atomic E-state index is 10.5. The van der Waals surface area contributed by atoms with Crippen molar-refractivity contribution in [1.29, 1.82) is 0 Å². The third-order valence-corrected chi connectivity index (χ3v) is 2.79. The van der Waals surface area contributed by atoms with Crippen molar-refractivity contribution < 1.29 is 58.9 Å². The van der Waals surface area contributed by atoms with Crippen LogP contribution in [0.15, 0.2) is 0 Å². The summed E-state index contributed by atoms with van der Waals surface area (Å²) in [6.45, 7) is 2.76. The van der Waals surface area contributed by atoms with Crippen molar-refractivity contribution in [3.63, 3.8) is 0 Å². The van der Waals surface area contributed by atoms with E-state index in [2.05, 4.69) is 4.74 Å². The molecule has 2 atom stereocenters. The van der Waals surface area contributed by atoms with Crippen LogP contribution in [-0.2, 0) is 33.3 Å². The molecule has 0 aliphatic rings. The molecule has 27 heavy (non-hydrogen) atoms. The van der Waals surface area contributed by atoms with Gasteiger partial charge in [0.2, 0.25) is 0 Å². The Labute approximate surface area is 156 Å². The number of carbonyl (C=O) groups is 3. The van der Waals surface area contributed by atoms with Gasteiger partial charge in [0.1, 0.15) is 5.92 Å². The Morgan fingerprint density at radius 1 is 0.741 bits per heavy atom. The first-order valence-corrected chi connectivity index (χ1v) is 7.96. The molecule has 0 amide bonds. The van der Waals surface area contributed by atoms with Crippen molar-refractivity contribution in [3.05, 3.63) is 0 Å². The zero-order valence-corrected chi connectivity index (χ0v) is 15.1. The third kappa shape index (κ3) is 17.3. The van der Waals surface area contributed by atoms with Gasteiger partial charge in [-0.2, -0.15) is 0 Å². The molecule has 0 radical (unpaired) electrons. The number of carboxylic acid groups (broad SMARTS) is 3. The van der Waals surface area contributed by atoms with Crippen LogP contribution in [0.4, 0.5) is 0 Å². The average molecular weight is 400 g/mol. The van der Waals surface area contributed by atoms with Crippen molar-refractivity contribution in [1.82, 2.24) is 0 Å². The molecule has 0 saturated heterocycles. The standard InChI is InChI=1S/C8H18O5.C7H10O7/c9-1-3-11-5-7-13-8-6-12-4-2-10;1-14-5(7(12)13)3(6(10)11)2-4(8)9/h9-10H,1-8H2;3,5H,2H2,1H3,(H,8,9)(H,10,11)(H,12,13). The highest BCUT2D eigenvalue weighted by molar-refractivity contribution is 5.85. The second kappa shape index (κ2) is 18.9. The Balaban J connectivity index is 0. The van der Waals surface area contributed by atoms with Gasteiger partial charge >= 0.3 is 17.9 Å². The van der Waals surface area contributed by atoms with Crippen LogP contribution < -0.4 is 0 Å². The number of aliphatic hydroxyl groups is 2. The lowest BCUT2D eigenvalue weighted by atomic mass is 9.99. The van der Waals surface area contributed by atoms with E-state index in [0.717, 1.165) is 7.11 Å². The number of carboxylic acids is 3. The van der Waals surface area contributed by atoms with Crippen LogP contribution in [0.1, 0.15) is 6.42 Å². The second-order valence-electron chi connectivity index (χ2n) is 4.82. The monoisotopic (exact) mass is 400 g/mol. The Kier molecular flexibility index (Phi) is 19.2. The van der Waals surface area contributed by atoms with Crippen LogP contribution in [-0.4, -0.2) is 110 Å². The predicted octanol–water partition coefficient (Wildman–Crippen LogP) is -1.72. The highest BCUT2D eigenvalue weighted by Crippen LogP contribution is 2.13. The molecular formula is C15H28O12. The summed E-state index contributed by atoms with van der Waals surface area (Å²) in [4.78, 5) is 31.3. The van der Waals surface area contributed by atoms with Crippen LogP contribution in [0, 0.1) is 5.92 Å². The quantitative estimate of drug-likeness (QED) is 0.185. The van der Waals surface area contributed by atoms with Crippen LogP contribution in [0.2, 0.25) is 0 Å². The number of methoxy groups -OCH3 is 1. The lowest BCUT2D eigenvalue weighted by molar-refractivity contribution is -0.164. The van der Waals surface area contributed by atoms with Gasteiger partial charge in [0, 0.05) is 7.11 Å². The van der Waals surface area contributed by atoms with Crippen molar-refractivity contribution in [3.8, 4) is 0 Å². The summed E-state index contributed by atoms with van der Waals surface area (Å²) in [5.41, 5.74) is 0. The smallest absolute Gasteiger partial charge is 0.333 e. The van der Waals surface area contributed by atoms with Crippen molar-refractivity contribution in [2.24, 2.45) is 5.92 Å². The minimum atomic E-state index is -1.65. The summed E-state index contributed by atoms with van der Waals surface area (Å²) >= 11 is 0. The minimum Gasteiger partial charge on any atom is -0.481 e. The number of hydrogen-bond donors (Lipinski definition) is 5. The normalized spacial score (nSPS) is 12.6. The lowest BCUT2D eigenvalue weighted by Crippen LogP contribution is -2.37. The van der Waals surface area contributed by atoms with E-state index in [0.29, 0.717) is 39.6 Å². The number of aliphatic hydroxyl groups excluding tert-OH is 2. The first-order chi connectivity index (χ1) is 12.8. The molecule has 12 heteroatoms. The van der Waals surface area contributed by atoms with Gasteiger partial charge in [0.05, 0.1) is 59.3 Å². The van der Waals surface area contributed by atoms with E-state index >= 15 is 0 Å². The SMILES string of the molecule is COC(C(=O)O)C(CC(=O)O)C(=O)O.OCCOCCOCCOCCO. The van der Waals surface area contributed by atoms with Gasteiger partial charge in [0.25, 0.3) is 0 Å². The first kappa shape index (κ1) is 27.4. The number of ether oxygens (including phenoxy) is 4. The summed E-state index contributed by atoms with van der Waals surface area (Å²) in [5.74, 6) is -5.99. The minimum absolute atomic E-state index is 0.0413. The van der Waals surface area contributed by atoms with Gasteiger partial charge in [-0.05, 0) is 0 Å². The molecule has 0 aliphatic carbocycles. The number of aliphatic carboxylic acids is 3. The van der Waals surface area contributed by atoms with Gasteiger partial charge in [-0.1, -0.05) is 0 Å². The molecule has 5 N–H and O–H groups in total. The Morgan fingerprint density at radius 2 is 1.15 bits per heavy atom. The van der Waals surface area contributed by atoms with Crippen LogP contribution in [0.5, 0.6) is 0 Å². The van der Waals surface area contributed by atoms with Gasteiger partial charge in [-0.25, -0.2) is 4.79 Å². The molecular weight excluding hydrogens is 372 g/mol. The largest absolute Gasteiger partial charge is 0.481 e. The van der Waals surface area contributed by atoms with Gasteiger partial charge < -0.3 is 44.5 Å². The van der Waals surface area contributed by atoms with Crippen LogP contribution >= 0.6 is 0 Å². The molecule has 0 fully saturated rings. The van der Waals surface area contributed by atoms with Crippen LogP contribution in [0.3, 0.4) is 0 Å². The summed E-state index contributed by atoms with van der Waals surface area (Å²) in [5, 5.41) is 42.2. The molecule has 0 heterocycles. The molecule has 0 aromatic heterocycles. The van der Waals surface area contributed by atoms with Gasteiger partial charge in [-0.3, -0.25) is 9.59 Å². The molecule has 0 rings (SSSR count). The van der Waals surface area contributed by atoms with Gasteiger partial charge in [0.15, 0.2) is 6.10 Å². The fraction of sp³-hybridized carbons (Fsp3) is 0.800. The maximum Gasteiger partial charge on any atom is 0.333 e. The predicted molar refractivity (Wildman–Crippen MR) is 88.4 cm³/mol. The van der Waals surface area contributed by atoms with E-state index in [9.17, 15) is 14.4 Å². The summed E-state index contributed by atoms with van der Waals surface area (Å²) in [6.07, 6.45) is -2.44. The zero-order valence-electron chi connectivity index (χ0n) is 15.1. The van der Waals surface area contributed by atoms with Crippen molar-refractivity contribution in [2.45, 2.75) is 12.5 Å². The average Bonchev–Trinajstić information content (AvgIpc) is 2.60. The molecule has 160 valence electrons. The van der Waals surface area contributed by atoms with E-state index in [1.165, 1.54) is 0 Å². The maximum absolute atomic E-state index is 10.5. The molecule has 2 unspecified atom stereocenters. The fourth-order valence-corrected chi connectivity index (χ4v) is 1.62. The molecule has 0 saturated carbocycles. The summed E-state index contributed by atoms with van der Waals surface area (Å²) < 4.78 is 19.4. The molecule has 0 aliphatic heterocycles. The highest BCUT2D eigenvalue weighted by atomic mass is 16.5. The fourth-order valence-electron chi connectivity index (χ4n) is 1.62. The number of rotatable bonds is 16. The lowest BCUT2D eigenvalue weighted by Gasteiger charge is -2.16. The molecule has 0 bridgehead atoms. The van der Waals surface area contributed by atoms with E-state index < -0.39 is 36.4 Å². The Bertz CT molecular complexity index is 390. The summed E-state index contributed by atoms with van der Waals surface area (Å²) in [7, 11) is 1.01. The second-order valence-corrected chi connectivity index (χ2v) is 4.82. The van der Waals surface area contributed by atoms with E-state index in [4.69, 9.17) is 39.7 Å². The number of hydrogen-bond acceptors (Lipinski definition) is 9. The molecule has 0 aromatic carbocycles. The third-order valence-electron chi connectivity index (χ3n) is 2.79. The summed E-state index contributed by atoms with van der Waals surface area (Å²) in [6, 6.07) is 0. The molecule has 0 aromatic rings.